The molecule has 0 spiro atoms. The third-order valence-electron chi connectivity index (χ3n) is 7.73. The van der Waals surface area contributed by atoms with Crippen LogP contribution >= 0.6 is 0 Å². The molecule has 0 bridgehead atoms. The quantitative estimate of drug-likeness (QED) is 0.0425. The Morgan fingerprint density at radius 1 is 0.550 bits per heavy atom. The molecule has 1 unspecified atom stereocenters. The molecular formula is C37H74N2O. The molecule has 0 aliphatic carbocycles. The van der Waals surface area contributed by atoms with Gasteiger partial charge in [-0.05, 0) is 79.1 Å². The first-order valence-corrected chi connectivity index (χ1v) is 18.2. The predicted octanol–water partition coefficient (Wildman–Crippen LogP) is 12.5. The molecule has 0 aromatic rings. The summed E-state index contributed by atoms with van der Waals surface area (Å²) in [6, 6.07) is 1.35. The van der Waals surface area contributed by atoms with Crippen LogP contribution in [0.3, 0.4) is 0 Å². The van der Waals surface area contributed by atoms with Crippen molar-refractivity contribution in [1.82, 2.24) is 5.32 Å². The highest BCUT2D eigenvalue weighted by Crippen LogP contribution is 2.18. The van der Waals surface area contributed by atoms with Crippen molar-refractivity contribution in [3.63, 3.8) is 0 Å². The fraction of sp³-hybridized carbons (Fsp3) is 0.919. The smallest absolute Gasteiger partial charge is 0.285 e. The second-order valence-corrected chi connectivity index (χ2v) is 12.9. The van der Waals surface area contributed by atoms with Crippen LogP contribution in [-0.2, 0) is 4.74 Å². The lowest BCUT2D eigenvalue weighted by molar-refractivity contribution is 0.149. The Hall–Kier alpha value is -0.990. The summed E-state index contributed by atoms with van der Waals surface area (Å²) in [7, 11) is 0. The minimum Gasteiger partial charge on any atom is -0.462 e. The van der Waals surface area contributed by atoms with Gasteiger partial charge in [-0.15, -0.1) is 0 Å². The fourth-order valence-electron chi connectivity index (χ4n) is 5.31. The van der Waals surface area contributed by atoms with Crippen molar-refractivity contribution < 1.29 is 4.74 Å². The first kappa shape index (κ1) is 39.0. The van der Waals surface area contributed by atoms with Gasteiger partial charge in [0.15, 0.2) is 0 Å². The van der Waals surface area contributed by atoms with Crippen molar-refractivity contribution in [2.75, 3.05) is 0 Å². The molecule has 0 aromatic heterocycles. The van der Waals surface area contributed by atoms with Crippen molar-refractivity contribution >= 4 is 6.02 Å². The summed E-state index contributed by atoms with van der Waals surface area (Å²) in [5.41, 5.74) is 0. The van der Waals surface area contributed by atoms with E-state index in [2.05, 4.69) is 59.0 Å². The Balaban J connectivity index is 4.20. The molecule has 0 saturated heterocycles. The predicted molar refractivity (Wildman–Crippen MR) is 182 cm³/mol. The molecule has 0 amide bonds. The Kier molecular flexibility index (Phi) is 30.2. The molecule has 0 saturated carbocycles. The highest BCUT2D eigenvalue weighted by molar-refractivity contribution is 5.74. The van der Waals surface area contributed by atoms with Crippen molar-refractivity contribution in [2.45, 2.75) is 220 Å². The molecule has 238 valence electrons. The van der Waals surface area contributed by atoms with Gasteiger partial charge >= 0.3 is 0 Å². The third-order valence-corrected chi connectivity index (χ3v) is 7.73. The highest BCUT2D eigenvalue weighted by atomic mass is 16.5. The summed E-state index contributed by atoms with van der Waals surface area (Å²) in [5, 5.41) is 3.46. The van der Waals surface area contributed by atoms with Gasteiger partial charge in [0, 0.05) is 12.1 Å². The maximum atomic E-state index is 6.50. The van der Waals surface area contributed by atoms with Crippen LogP contribution in [0.15, 0.2) is 17.1 Å². The van der Waals surface area contributed by atoms with E-state index in [9.17, 15) is 0 Å². The zero-order chi connectivity index (χ0) is 29.5. The second-order valence-electron chi connectivity index (χ2n) is 12.9. The van der Waals surface area contributed by atoms with E-state index in [1.165, 1.54) is 148 Å². The van der Waals surface area contributed by atoms with Crippen LogP contribution in [-0.4, -0.2) is 24.2 Å². The number of nitrogens with zero attached hydrogens (tertiary/aromatic N) is 1. The van der Waals surface area contributed by atoms with Gasteiger partial charge in [0.2, 0.25) is 0 Å². The van der Waals surface area contributed by atoms with Crippen LogP contribution in [0.4, 0.5) is 0 Å². The number of rotatable bonds is 29. The SMILES string of the molecule is CCCCCCCC/C=C\CCCCCCCC(CCCCCCCCCCCC)OC(=NC(C)C)NC(C)C. The van der Waals surface area contributed by atoms with Crippen molar-refractivity contribution in [3.8, 4) is 0 Å². The van der Waals surface area contributed by atoms with Gasteiger partial charge < -0.3 is 10.1 Å². The number of allylic oxidation sites excluding steroid dienone is 2. The number of nitrogens with one attached hydrogen (secondary N) is 1. The summed E-state index contributed by atoms with van der Waals surface area (Å²) in [6.45, 7) is 13.2. The van der Waals surface area contributed by atoms with Gasteiger partial charge in [-0.2, -0.15) is 0 Å². The van der Waals surface area contributed by atoms with E-state index in [1.54, 1.807) is 0 Å². The molecule has 0 aliphatic heterocycles. The normalized spacial score (nSPS) is 13.2. The minimum atomic E-state index is 0.249. The molecule has 0 aliphatic rings. The zero-order valence-electron chi connectivity index (χ0n) is 28.4. The lowest BCUT2D eigenvalue weighted by atomic mass is 10.0. The fourth-order valence-corrected chi connectivity index (χ4v) is 5.31. The van der Waals surface area contributed by atoms with Crippen LogP contribution in [0, 0.1) is 0 Å². The second kappa shape index (κ2) is 31.0. The van der Waals surface area contributed by atoms with Gasteiger partial charge in [0.05, 0.1) is 0 Å². The van der Waals surface area contributed by atoms with E-state index < -0.39 is 0 Å². The van der Waals surface area contributed by atoms with E-state index >= 15 is 0 Å². The van der Waals surface area contributed by atoms with Crippen LogP contribution in [0.1, 0.15) is 202 Å². The van der Waals surface area contributed by atoms with Gasteiger partial charge in [-0.25, -0.2) is 4.99 Å². The molecular weight excluding hydrogens is 488 g/mol. The zero-order valence-corrected chi connectivity index (χ0v) is 28.4. The average Bonchev–Trinajstić information content (AvgIpc) is 2.91. The Bertz CT molecular complexity index is 554. The molecule has 1 atom stereocenters. The first-order valence-electron chi connectivity index (χ1n) is 18.2. The summed E-state index contributed by atoms with van der Waals surface area (Å²) in [6.07, 6.45) is 38.9. The summed E-state index contributed by atoms with van der Waals surface area (Å²) in [5.74, 6) is 0. The van der Waals surface area contributed by atoms with Crippen molar-refractivity contribution in [1.29, 1.82) is 0 Å². The highest BCUT2D eigenvalue weighted by Gasteiger charge is 2.14. The summed E-state index contributed by atoms with van der Waals surface area (Å²) >= 11 is 0. The Morgan fingerprint density at radius 3 is 1.30 bits per heavy atom. The van der Waals surface area contributed by atoms with Crippen LogP contribution in [0.5, 0.6) is 0 Å². The van der Waals surface area contributed by atoms with Crippen molar-refractivity contribution in [2.24, 2.45) is 4.99 Å². The van der Waals surface area contributed by atoms with Crippen LogP contribution in [0.2, 0.25) is 0 Å². The molecule has 40 heavy (non-hydrogen) atoms. The number of ether oxygens (including phenoxy) is 1. The van der Waals surface area contributed by atoms with Gasteiger partial charge in [0.25, 0.3) is 6.02 Å². The Labute approximate surface area is 253 Å². The third kappa shape index (κ3) is 30.0. The monoisotopic (exact) mass is 563 g/mol. The summed E-state index contributed by atoms with van der Waals surface area (Å²) in [4.78, 5) is 4.75. The lowest BCUT2D eigenvalue weighted by Crippen LogP contribution is -2.36. The molecule has 0 aromatic carbocycles. The van der Waals surface area contributed by atoms with E-state index in [4.69, 9.17) is 9.73 Å². The molecule has 0 heterocycles. The number of aliphatic imine (C=N–C) groups is 1. The topological polar surface area (TPSA) is 33.6 Å². The van der Waals surface area contributed by atoms with E-state index in [0.717, 1.165) is 18.9 Å². The molecule has 3 nitrogen and oxygen atoms in total. The summed E-state index contributed by atoms with van der Waals surface area (Å²) < 4.78 is 6.50. The molecule has 0 radical (unpaired) electrons. The molecule has 0 fully saturated rings. The van der Waals surface area contributed by atoms with Crippen LogP contribution in [0.25, 0.3) is 0 Å². The maximum Gasteiger partial charge on any atom is 0.285 e. The lowest BCUT2D eigenvalue weighted by Gasteiger charge is -2.23. The molecule has 0 rings (SSSR count). The van der Waals surface area contributed by atoms with Crippen molar-refractivity contribution in [3.05, 3.63) is 12.2 Å². The minimum absolute atomic E-state index is 0.249. The number of hydrogen-bond acceptors (Lipinski definition) is 2. The van der Waals surface area contributed by atoms with Gasteiger partial charge in [0.1, 0.15) is 6.10 Å². The molecule has 1 N–H and O–H groups in total. The number of unbranched alkanes of at least 4 members (excludes halogenated alkanes) is 20. The van der Waals surface area contributed by atoms with Gasteiger partial charge in [-0.3, -0.25) is 0 Å². The number of amidine groups is 1. The maximum absolute atomic E-state index is 6.50. The average molecular weight is 563 g/mol. The largest absolute Gasteiger partial charge is 0.462 e. The van der Waals surface area contributed by atoms with Gasteiger partial charge in [-0.1, -0.05) is 135 Å². The van der Waals surface area contributed by atoms with E-state index in [1.807, 2.05) is 0 Å². The standard InChI is InChI=1S/C37H74N2O/c1-7-9-11-13-15-17-19-20-21-22-23-25-27-29-31-33-36(40-37(38-34(3)4)39-35(5)6)32-30-28-26-24-18-16-14-12-10-8-2/h20-21,34-36H,7-19,22-33H2,1-6H3,(H,38,39)/b21-20-. The van der Waals surface area contributed by atoms with E-state index in [0.29, 0.717) is 12.1 Å². The molecule has 3 heteroatoms. The number of hydrogen-bond donors (Lipinski definition) is 1. The van der Waals surface area contributed by atoms with E-state index in [-0.39, 0.29) is 6.04 Å². The van der Waals surface area contributed by atoms with Crippen LogP contribution < -0.4 is 5.32 Å². The first-order chi connectivity index (χ1) is 19.5. The Morgan fingerprint density at radius 2 is 0.925 bits per heavy atom.